The first-order valence-corrected chi connectivity index (χ1v) is 13.5. The SMILES string of the molecule is N#Cc1ncc(C(=O)NC2(c3ccc(F)cc3)CC2)c(N2CC[C@H](S(=O)(=O)c3ccccc3C(F)(F)F)C2)n1. The Bertz CT molecular complexity index is 1580. The molecule has 8 nitrogen and oxygen atoms in total. The van der Waals surface area contributed by atoms with E-state index in [0.717, 1.165) is 24.4 Å². The number of carbonyl (C=O) groups excluding carboxylic acids is 1. The van der Waals surface area contributed by atoms with Crippen LogP contribution in [0.5, 0.6) is 0 Å². The molecular formula is C26H21F4N5O3S. The van der Waals surface area contributed by atoms with Gasteiger partial charge in [-0.2, -0.15) is 18.4 Å². The van der Waals surface area contributed by atoms with Gasteiger partial charge in [0.1, 0.15) is 23.3 Å². The number of alkyl halides is 3. The van der Waals surface area contributed by atoms with Crippen LogP contribution in [0.25, 0.3) is 0 Å². The smallest absolute Gasteiger partial charge is 0.354 e. The van der Waals surface area contributed by atoms with E-state index in [1.807, 2.05) is 0 Å². The van der Waals surface area contributed by atoms with Gasteiger partial charge in [0, 0.05) is 19.3 Å². The van der Waals surface area contributed by atoms with Gasteiger partial charge in [0.15, 0.2) is 9.84 Å². The van der Waals surface area contributed by atoms with Crippen LogP contribution < -0.4 is 10.2 Å². The summed E-state index contributed by atoms with van der Waals surface area (Å²) in [6.45, 7) is -0.164. The Morgan fingerprint density at radius 1 is 1.13 bits per heavy atom. The van der Waals surface area contributed by atoms with Crippen LogP contribution in [-0.2, 0) is 21.6 Å². The maximum Gasteiger partial charge on any atom is 0.417 e. The van der Waals surface area contributed by atoms with Crippen molar-refractivity contribution in [2.45, 2.75) is 41.1 Å². The van der Waals surface area contributed by atoms with Crippen LogP contribution in [0.15, 0.2) is 59.6 Å². The lowest BCUT2D eigenvalue weighted by molar-refractivity contribution is -0.139. The number of aromatic nitrogens is 2. The molecule has 1 atom stereocenters. The van der Waals surface area contributed by atoms with E-state index in [1.165, 1.54) is 23.1 Å². The van der Waals surface area contributed by atoms with E-state index >= 15 is 0 Å². The monoisotopic (exact) mass is 559 g/mol. The number of hydrogen-bond acceptors (Lipinski definition) is 7. The van der Waals surface area contributed by atoms with E-state index in [-0.39, 0.29) is 36.7 Å². The molecule has 2 fully saturated rings. The highest BCUT2D eigenvalue weighted by atomic mass is 32.2. The molecule has 3 aromatic rings. The van der Waals surface area contributed by atoms with Gasteiger partial charge in [0.25, 0.3) is 5.91 Å². The molecule has 1 aliphatic carbocycles. The second-order valence-corrected chi connectivity index (χ2v) is 11.7. The van der Waals surface area contributed by atoms with Crippen molar-refractivity contribution in [3.63, 3.8) is 0 Å². The van der Waals surface area contributed by atoms with Gasteiger partial charge >= 0.3 is 6.18 Å². The summed E-state index contributed by atoms with van der Waals surface area (Å²) in [5, 5.41) is 11.0. The molecule has 13 heteroatoms. The molecule has 1 N–H and O–H groups in total. The van der Waals surface area contributed by atoms with Crippen LogP contribution in [0.3, 0.4) is 0 Å². The lowest BCUT2D eigenvalue weighted by Crippen LogP contribution is -2.37. The minimum atomic E-state index is -4.86. The Labute approximate surface area is 221 Å². The van der Waals surface area contributed by atoms with Crippen LogP contribution in [0.4, 0.5) is 23.4 Å². The molecule has 5 rings (SSSR count). The highest BCUT2D eigenvalue weighted by Crippen LogP contribution is 2.46. The van der Waals surface area contributed by atoms with E-state index in [9.17, 15) is 36.0 Å². The predicted molar refractivity (Wildman–Crippen MR) is 131 cm³/mol. The number of amides is 1. The number of halogens is 4. The number of nitrogens with one attached hydrogen (secondary N) is 1. The van der Waals surface area contributed by atoms with Gasteiger partial charge in [-0.05, 0) is 49.1 Å². The normalized spacial score (nSPS) is 18.4. The quantitative estimate of drug-likeness (QED) is 0.454. The molecular weight excluding hydrogens is 538 g/mol. The Morgan fingerprint density at radius 3 is 2.46 bits per heavy atom. The van der Waals surface area contributed by atoms with E-state index in [2.05, 4.69) is 15.3 Å². The summed E-state index contributed by atoms with van der Waals surface area (Å²) < 4.78 is 80.5. The van der Waals surface area contributed by atoms with Gasteiger partial charge in [-0.3, -0.25) is 4.79 Å². The zero-order valence-electron chi connectivity index (χ0n) is 20.2. The maximum absolute atomic E-state index is 13.5. The second kappa shape index (κ2) is 9.60. The van der Waals surface area contributed by atoms with Crippen LogP contribution in [0.1, 0.15) is 46.6 Å². The molecule has 1 amide bonds. The Kier molecular flexibility index (Phi) is 6.54. The molecule has 39 heavy (non-hydrogen) atoms. The first-order valence-electron chi connectivity index (χ1n) is 12.0. The summed E-state index contributed by atoms with van der Waals surface area (Å²) in [5.41, 5.74) is -1.26. The largest absolute Gasteiger partial charge is 0.417 e. The molecule has 2 heterocycles. The molecule has 2 aromatic carbocycles. The van der Waals surface area contributed by atoms with Gasteiger partial charge in [0.05, 0.1) is 21.2 Å². The van der Waals surface area contributed by atoms with E-state index in [4.69, 9.17) is 0 Å². The van der Waals surface area contributed by atoms with Gasteiger partial charge in [-0.25, -0.2) is 22.8 Å². The van der Waals surface area contributed by atoms with Crippen molar-refractivity contribution < 1.29 is 30.8 Å². The van der Waals surface area contributed by atoms with E-state index < -0.39 is 49.0 Å². The van der Waals surface area contributed by atoms with Crippen molar-refractivity contribution in [1.82, 2.24) is 15.3 Å². The lowest BCUT2D eigenvalue weighted by atomic mass is 10.0. The van der Waals surface area contributed by atoms with Crippen LogP contribution in [0.2, 0.25) is 0 Å². The topological polar surface area (TPSA) is 116 Å². The average molecular weight is 560 g/mol. The van der Waals surface area contributed by atoms with Crippen molar-refractivity contribution in [2.75, 3.05) is 18.0 Å². The Hall–Kier alpha value is -4.05. The number of carbonyl (C=O) groups is 1. The molecule has 2 aliphatic rings. The molecule has 0 unspecified atom stereocenters. The number of nitrogens with zero attached hydrogens (tertiary/aromatic N) is 4. The maximum atomic E-state index is 13.5. The molecule has 1 saturated carbocycles. The van der Waals surface area contributed by atoms with Crippen molar-refractivity contribution in [3.8, 4) is 6.07 Å². The van der Waals surface area contributed by atoms with Crippen molar-refractivity contribution in [1.29, 1.82) is 5.26 Å². The van der Waals surface area contributed by atoms with Gasteiger partial charge in [0.2, 0.25) is 5.82 Å². The number of nitriles is 1. The first kappa shape index (κ1) is 26.6. The summed E-state index contributed by atoms with van der Waals surface area (Å²) in [5.74, 6) is -1.24. The standard InChI is InChI=1S/C26H21F4N5O3S/c27-17-7-5-16(6-8-17)25(10-11-25)34-24(36)19-14-32-22(13-31)33-23(19)35-12-9-18(15-35)39(37,38)21-4-2-1-3-20(21)26(28,29)30/h1-8,14,18H,9-12,15H2,(H,34,36)/t18-/m0/s1. The van der Waals surface area contributed by atoms with Crippen LogP contribution in [-0.4, -0.2) is 42.6 Å². The highest BCUT2D eigenvalue weighted by Gasteiger charge is 2.47. The second-order valence-electron chi connectivity index (χ2n) is 9.48. The van der Waals surface area contributed by atoms with Crippen molar-refractivity contribution >= 4 is 21.6 Å². The van der Waals surface area contributed by atoms with E-state index in [1.54, 1.807) is 18.2 Å². The molecule has 202 valence electrons. The van der Waals surface area contributed by atoms with Crippen molar-refractivity contribution in [2.24, 2.45) is 0 Å². The van der Waals surface area contributed by atoms with Crippen LogP contribution in [0, 0.1) is 17.1 Å². The summed E-state index contributed by atoms with van der Waals surface area (Å²) in [6, 6.07) is 11.5. The molecule has 0 radical (unpaired) electrons. The minimum absolute atomic E-state index is 0.00997. The summed E-state index contributed by atoms with van der Waals surface area (Å²) >= 11 is 0. The first-order chi connectivity index (χ1) is 18.4. The number of hydrogen-bond donors (Lipinski definition) is 1. The third-order valence-corrected chi connectivity index (χ3v) is 9.23. The fourth-order valence-electron chi connectivity index (χ4n) is 4.79. The number of rotatable bonds is 6. The number of benzene rings is 2. The Balaban J connectivity index is 1.43. The fourth-order valence-corrected chi connectivity index (χ4v) is 6.70. The third kappa shape index (κ3) is 5.04. The van der Waals surface area contributed by atoms with Crippen molar-refractivity contribution in [3.05, 3.63) is 83.1 Å². The van der Waals surface area contributed by atoms with Gasteiger partial charge < -0.3 is 10.2 Å². The molecule has 1 aliphatic heterocycles. The zero-order chi connectivity index (χ0) is 28.0. The lowest BCUT2D eigenvalue weighted by Gasteiger charge is -2.23. The average Bonchev–Trinajstić information content (AvgIpc) is 3.50. The van der Waals surface area contributed by atoms with Crippen LogP contribution >= 0.6 is 0 Å². The molecule has 0 bridgehead atoms. The minimum Gasteiger partial charge on any atom is -0.354 e. The predicted octanol–water partition coefficient (Wildman–Crippen LogP) is 3.98. The number of sulfone groups is 1. The highest BCUT2D eigenvalue weighted by molar-refractivity contribution is 7.92. The molecule has 1 saturated heterocycles. The Morgan fingerprint density at radius 2 is 1.82 bits per heavy atom. The van der Waals surface area contributed by atoms with Gasteiger partial charge in [-0.1, -0.05) is 24.3 Å². The number of anilines is 1. The third-order valence-electron chi connectivity index (χ3n) is 7.00. The zero-order valence-corrected chi connectivity index (χ0v) is 21.1. The summed E-state index contributed by atoms with van der Waals surface area (Å²) in [7, 11) is -4.40. The van der Waals surface area contributed by atoms with E-state index in [0.29, 0.717) is 18.4 Å². The molecule has 1 aromatic heterocycles. The summed E-state index contributed by atoms with van der Waals surface area (Å²) in [4.78, 5) is 22.0. The summed E-state index contributed by atoms with van der Waals surface area (Å²) in [6.07, 6.45) is -2.48. The molecule has 0 spiro atoms. The van der Waals surface area contributed by atoms with Gasteiger partial charge in [-0.15, -0.1) is 0 Å². The fraction of sp³-hybridized carbons (Fsp3) is 0.308.